The topological polar surface area (TPSA) is 122 Å². The Hall–Kier alpha value is -2.82. The third-order valence-electron chi connectivity index (χ3n) is 5.42. The van der Waals surface area contributed by atoms with Gasteiger partial charge >= 0.3 is 24.3 Å². The van der Waals surface area contributed by atoms with Crippen molar-refractivity contribution < 1.29 is 55.6 Å². The van der Waals surface area contributed by atoms with Crippen molar-refractivity contribution in [2.24, 2.45) is 0 Å². The van der Waals surface area contributed by atoms with Gasteiger partial charge in [-0.15, -0.1) is 11.3 Å². The van der Waals surface area contributed by atoms with Crippen LogP contribution in [-0.2, 0) is 32.2 Å². The molecule has 16 heteroatoms. The molecule has 0 amide bonds. The fourth-order valence-electron chi connectivity index (χ4n) is 3.60. The molecule has 212 valence electrons. The van der Waals surface area contributed by atoms with Crippen molar-refractivity contribution >= 4 is 23.3 Å². The molecule has 0 radical (unpaired) electrons. The highest BCUT2D eigenvalue weighted by atomic mass is 32.1. The summed E-state index contributed by atoms with van der Waals surface area (Å²) in [6.07, 6.45) is -2.32. The number of halogens is 6. The van der Waals surface area contributed by atoms with Crippen LogP contribution in [0.1, 0.15) is 29.0 Å². The Bertz CT molecular complexity index is 1020. The standard InChI is InChI=1S/C18H23N3O2S.2C2HF3O2/c1-14-2-4-19-9-15(14)11-22-16-3-6-23-18(8-16)12-21(13-18)10-17-20-5-7-24-17;2*3-2(4,5)1(6)7/h2,4-5,7,9,16H,3,6,8,10-13H2,1H3;2*(H,6,7). The quantitative estimate of drug-likeness (QED) is 0.510. The SMILES string of the molecule is Cc1ccncc1COC1CCOC2(C1)CN(Cc1nccs1)C2.O=C(O)C(F)(F)F.O=C(O)C(F)(F)F. The first kappa shape index (κ1) is 31.4. The van der Waals surface area contributed by atoms with Crippen LogP contribution in [0.15, 0.2) is 30.0 Å². The van der Waals surface area contributed by atoms with E-state index in [9.17, 15) is 26.3 Å². The number of hydrogen-bond acceptors (Lipinski definition) is 8. The molecule has 4 heterocycles. The van der Waals surface area contributed by atoms with E-state index in [-0.39, 0.29) is 11.7 Å². The molecule has 0 aliphatic carbocycles. The summed E-state index contributed by atoms with van der Waals surface area (Å²) in [5, 5.41) is 17.5. The smallest absolute Gasteiger partial charge is 0.475 e. The van der Waals surface area contributed by atoms with E-state index in [1.54, 1.807) is 11.3 Å². The van der Waals surface area contributed by atoms with Gasteiger partial charge in [0.25, 0.3) is 0 Å². The van der Waals surface area contributed by atoms with Gasteiger partial charge in [-0.1, -0.05) is 0 Å². The Morgan fingerprint density at radius 3 is 2.26 bits per heavy atom. The Kier molecular flexibility index (Phi) is 11.0. The number of carboxylic acids is 2. The van der Waals surface area contributed by atoms with Crippen LogP contribution >= 0.6 is 11.3 Å². The van der Waals surface area contributed by atoms with Crippen LogP contribution in [0.25, 0.3) is 0 Å². The van der Waals surface area contributed by atoms with Crippen LogP contribution in [0, 0.1) is 6.92 Å². The lowest BCUT2D eigenvalue weighted by atomic mass is 9.84. The molecule has 9 nitrogen and oxygen atoms in total. The van der Waals surface area contributed by atoms with Gasteiger partial charge in [-0.05, 0) is 30.5 Å². The lowest BCUT2D eigenvalue weighted by molar-refractivity contribution is -0.200. The van der Waals surface area contributed by atoms with E-state index in [2.05, 4.69) is 21.8 Å². The van der Waals surface area contributed by atoms with E-state index in [1.807, 2.05) is 30.0 Å². The van der Waals surface area contributed by atoms with Crippen LogP contribution in [0.5, 0.6) is 0 Å². The molecule has 0 aromatic carbocycles. The number of rotatable bonds is 5. The molecule has 4 rings (SSSR count). The Balaban J connectivity index is 0.000000301. The highest BCUT2D eigenvalue weighted by Gasteiger charge is 2.47. The minimum Gasteiger partial charge on any atom is -0.475 e. The van der Waals surface area contributed by atoms with E-state index in [1.165, 1.54) is 16.1 Å². The summed E-state index contributed by atoms with van der Waals surface area (Å²) in [5.74, 6) is -5.51. The second-order valence-corrected chi connectivity index (χ2v) is 9.42. The minimum atomic E-state index is -5.08. The third kappa shape index (κ3) is 10.2. The summed E-state index contributed by atoms with van der Waals surface area (Å²) in [6.45, 7) is 6.44. The fourth-order valence-corrected chi connectivity index (χ4v) is 4.26. The predicted octanol–water partition coefficient (Wildman–Crippen LogP) is 4.06. The van der Waals surface area contributed by atoms with Crippen molar-refractivity contribution in [1.29, 1.82) is 0 Å². The molecular weight excluding hydrogens is 548 g/mol. The van der Waals surface area contributed by atoms with Gasteiger partial charge in [0.2, 0.25) is 0 Å². The summed E-state index contributed by atoms with van der Waals surface area (Å²) < 4.78 is 75.8. The second-order valence-electron chi connectivity index (χ2n) is 8.44. The number of aliphatic carboxylic acids is 2. The van der Waals surface area contributed by atoms with E-state index < -0.39 is 24.3 Å². The molecule has 2 aromatic rings. The maximum atomic E-state index is 10.6. The maximum Gasteiger partial charge on any atom is 0.490 e. The van der Waals surface area contributed by atoms with Crippen molar-refractivity contribution in [1.82, 2.24) is 14.9 Å². The minimum absolute atomic E-state index is 0.00976. The van der Waals surface area contributed by atoms with Gasteiger partial charge in [0.15, 0.2) is 0 Å². The van der Waals surface area contributed by atoms with Gasteiger partial charge in [0.05, 0.1) is 24.9 Å². The number of carbonyl (C=O) groups is 2. The number of likely N-dealkylation sites (tertiary alicyclic amines) is 1. The average Bonchev–Trinajstić information content (AvgIpc) is 3.31. The largest absolute Gasteiger partial charge is 0.490 e. The normalized spacial score (nSPS) is 18.9. The Morgan fingerprint density at radius 2 is 1.76 bits per heavy atom. The van der Waals surface area contributed by atoms with Crippen LogP contribution in [-0.4, -0.2) is 80.8 Å². The van der Waals surface area contributed by atoms with E-state index in [4.69, 9.17) is 29.3 Å². The zero-order chi connectivity index (χ0) is 28.6. The van der Waals surface area contributed by atoms with E-state index in [0.29, 0.717) is 6.61 Å². The number of thiazole rings is 1. The predicted molar refractivity (Wildman–Crippen MR) is 120 cm³/mol. The van der Waals surface area contributed by atoms with Crippen LogP contribution in [0.4, 0.5) is 26.3 Å². The van der Waals surface area contributed by atoms with E-state index >= 15 is 0 Å². The van der Waals surface area contributed by atoms with Crippen molar-refractivity contribution in [3.8, 4) is 0 Å². The van der Waals surface area contributed by atoms with Gasteiger partial charge in [-0.2, -0.15) is 26.3 Å². The summed E-state index contributed by atoms with van der Waals surface area (Å²) in [7, 11) is 0. The molecule has 2 N–H and O–H groups in total. The summed E-state index contributed by atoms with van der Waals surface area (Å²) in [4.78, 5) is 28.8. The molecule has 2 fully saturated rings. The lowest BCUT2D eigenvalue weighted by Crippen LogP contribution is -2.65. The number of pyridine rings is 1. The van der Waals surface area contributed by atoms with Gasteiger partial charge in [-0.25, -0.2) is 14.6 Å². The molecule has 1 spiro atoms. The summed E-state index contributed by atoms with van der Waals surface area (Å²) >= 11 is 1.72. The van der Waals surface area contributed by atoms with Crippen LogP contribution in [0.2, 0.25) is 0 Å². The molecule has 2 aliphatic heterocycles. The number of aromatic nitrogens is 2. The number of aryl methyl sites for hydroxylation is 1. The summed E-state index contributed by atoms with van der Waals surface area (Å²) in [6, 6.07) is 2.03. The molecule has 38 heavy (non-hydrogen) atoms. The highest BCUT2D eigenvalue weighted by Crippen LogP contribution is 2.36. The molecule has 2 saturated heterocycles. The third-order valence-corrected chi connectivity index (χ3v) is 6.19. The number of hydrogen-bond donors (Lipinski definition) is 2. The van der Waals surface area contributed by atoms with Crippen LogP contribution < -0.4 is 0 Å². The fraction of sp³-hybridized carbons (Fsp3) is 0.545. The molecule has 1 unspecified atom stereocenters. The van der Waals surface area contributed by atoms with Gasteiger partial charge in [-0.3, -0.25) is 9.88 Å². The molecule has 1 atom stereocenters. The van der Waals surface area contributed by atoms with Crippen molar-refractivity contribution in [2.75, 3.05) is 19.7 Å². The van der Waals surface area contributed by atoms with Gasteiger partial charge in [0.1, 0.15) is 5.01 Å². The van der Waals surface area contributed by atoms with Crippen molar-refractivity contribution in [3.05, 3.63) is 46.2 Å². The van der Waals surface area contributed by atoms with Crippen LogP contribution in [0.3, 0.4) is 0 Å². The Morgan fingerprint density at radius 1 is 1.16 bits per heavy atom. The average molecular weight is 574 g/mol. The number of alkyl halides is 6. The van der Waals surface area contributed by atoms with Gasteiger partial charge in [0, 0.05) is 50.1 Å². The van der Waals surface area contributed by atoms with Gasteiger partial charge < -0.3 is 19.7 Å². The molecule has 0 saturated carbocycles. The summed E-state index contributed by atoms with van der Waals surface area (Å²) in [5.41, 5.74) is 2.41. The molecule has 2 aliphatic rings. The first-order chi connectivity index (χ1) is 17.6. The maximum absolute atomic E-state index is 10.6. The number of carboxylic acid groups (broad SMARTS) is 2. The second kappa shape index (κ2) is 13.3. The zero-order valence-corrected chi connectivity index (χ0v) is 20.8. The van der Waals surface area contributed by atoms with E-state index in [0.717, 1.165) is 39.1 Å². The van der Waals surface area contributed by atoms with Crippen molar-refractivity contribution in [3.63, 3.8) is 0 Å². The molecular formula is C22H25F6N3O6S. The number of ether oxygens (including phenoxy) is 2. The zero-order valence-electron chi connectivity index (χ0n) is 20.0. The lowest BCUT2D eigenvalue weighted by Gasteiger charge is -2.53. The monoisotopic (exact) mass is 573 g/mol. The highest BCUT2D eigenvalue weighted by molar-refractivity contribution is 7.09. The first-order valence-electron chi connectivity index (χ1n) is 11.0. The van der Waals surface area contributed by atoms with Crippen molar-refractivity contribution in [2.45, 2.75) is 57.0 Å². The molecule has 2 aromatic heterocycles. The number of nitrogens with zero attached hydrogens (tertiary/aromatic N) is 3. The first-order valence-corrected chi connectivity index (χ1v) is 11.9. The Labute approximate surface area is 217 Å². The molecule has 0 bridgehead atoms.